The van der Waals surface area contributed by atoms with E-state index >= 15 is 0 Å². The summed E-state index contributed by atoms with van der Waals surface area (Å²) >= 11 is 0. The van der Waals surface area contributed by atoms with Crippen molar-refractivity contribution in [3.63, 3.8) is 0 Å². The number of nitrogens with zero attached hydrogens (tertiary/aromatic N) is 1. The highest BCUT2D eigenvalue weighted by Gasteiger charge is 2.32. The van der Waals surface area contributed by atoms with E-state index in [0.717, 1.165) is 25.9 Å². The molecule has 3 rings (SSSR count). The molecule has 1 aliphatic heterocycles. The van der Waals surface area contributed by atoms with Crippen molar-refractivity contribution < 1.29 is 51.9 Å². The van der Waals surface area contributed by atoms with Gasteiger partial charge in [-0.2, -0.15) is 8.78 Å². The Morgan fingerprint density at radius 2 is 1.32 bits per heavy atom. The highest BCUT2D eigenvalue weighted by molar-refractivity contribution is 6.12. The van der Waals surface area contributed by atoms with E-state index < -0.39 is 18.5 Å². The molecule has 0 aromatic heterocycles. The number of aliphatic hydroxyl groups is 1. The van der Waals surface area contributed by atoms with Crippen LogP contribution < -0.4 is 15.9 Å². The maximum Gasteiger partial charge on any atom is 0.421 e. The number of hydrazine groups is 1. The summed E-state index contributed by atoms with van der Waals surface area (Å²) in [5.74, 6) is -0.875. The molecule has 2 aromatic carbocycles. The number of aliphatic hydroxyl groups excluding tert-OH is 1. The number of alkyl halides is 2. The number of hydrogen-bond acceptors (Lipinski definition) is 11. The molecule has 1 heterocycles. The third-order valence-corrected chi connectivity index (χ3v) is 6.30. The first-order valence-electron chi connectivity index (χ1n) is 14.5. The maximum absolute atomic E-state index is 14.2. The average molecular weight is 626 g/mol. The maximum atomic E-state index is 14.2. The fourth-order valence-electron chi connectivity index (χ4n) is 4.11. The fraction of sp³-hybridized carbons (Fsp3) is 0.533. The van der Waals surface area contributed by atoms with Crippen LogP contribution in [0.2, 0.25) is 0 Å². The zero-order valence-electron chi connectivity index (χ0n) is 24.6. The molecule has 0 bridgehead atoms. The van der Waals surface area contributed by atoms with E-state index in [0.29, 0.717) is 38.6 Å². The molecule has 0 aliphatic carbocycles. The van der Waals surface area contributed by atoms with E-state index in [-0.39, 0.29) is 61.5 Å². The number of carbonyl (C=O) groups excluding carboxylic acids is 2. The third-order valence-electron chi connectivity index (χ3n) is 6.30. The highest BCUT2D eigenvalue weighted by Crippen LogP contribution is 2.24. The fourth-order valence-corrected chi connectivity index (χ4v) is 4.11. The lowest BCUT2D eigenvalue weighted by molar-refractivity contribution is -0.213. The number of amides is 1. The lowest BCUT2D eigenvalue weighted by atomic mass is 10.00. The zero-order chi connectivity index (χ0) is 31.6. The van der Waals surface area contributed by atoms with Gasteiger partial charge in [0.15, 0.2) is 12.4 Å². The van der Waals surface area contributed by atoms with Crippen LogP contribution in [0.5, 0.6) is 5.75 Å². The Kier molecular flexibility index (Phi) is 15.4. The molecule has 44 heavy (non-hydrogen) atoms. The van der Waals surface area contributed by atoms with Gasteiger partial charge >= 0.3 is 6.11 Å². The van der Waals surface area contributed by atoms with Gasteiger partial charge in [-0.05, 0) is 55.3 Å². The van der Waals surface area contributed by atoms with Crippen LogP contribution in [0.4, 0.5) is 14.5 Å². The number of hydrogen-bond donors (Lipinski definition) is 3. The molecule has 0 unspecified atom stereocenters. The summed E-state index contributed by atoms with van der Waals surface area (Å²) in [5, 5.41) is 10.4. The van der Waals surface area contributed by atoms with Crippen molar-refractivity contribution in [3.8, 4) is 5.75 Å². The van der Waals surface area contributed by atoms with E-state index in [2.05, 4.69) is 5.43 Å². The van der Waals surface area contributed by atoms with E-state index in [1.165, 1.54) is 42.5 Å². The first-order valence-corrected chi connectivity index (χ1v) is 14.5. The molecular formula is C30H41F2N3O9. The third kappa shape index (κ3) is 12.8. The van der Waals surface area contributed by atoms with Gasteiger partial charge < -0.3 is 39.3 Å². The quantitative estimate of drug-likeness (QED) is 0.100. The Morgan fingerprint density at radius 1 is 0.795 bits per heavy atom. The monoisotopic (exact) mass is 625 g/mol. The predicted molar refractivity (Wildman–Crippen MR) is 156 cm³/mol. The van der Waals surface area contributed by atoms with Gasteiger partial charge in [-0.15, -0.1) is 0 Å². The van der Waals surface area contributed by atoms with Gasteiger partial charge in [0, 0.05) is 35.5 Å². The van der Waals surface area contributed by atoms with Crippen molar-refractivity contribution in [2.24, 2.45) is 0 Å². The van der Waals surface area contributed by atoms with Crippen LogP contribution in [0.3, 0.4) is 0 Å². The Balaban J connectivity index is 1.31. The minimum Gasteiger partial charge on any atom is -0.431 e. The summed E-state index contributed by atoms with van der Waals surface area (Å²) in [5.41, 5.74) is 9.75. The topological polar surface area (TPSA) is 151 Å². The number of ether oxygens (including phenoxy) is 6. The Hall–Kier alpha value is -3.24. The Bertz CT molecular complexity index is 1150. The molecule has 0 radical (unpaired) electrons. The van der Waals surface area contributed by atoms with Gasteiger partial charge in [-0.1, -0.05) is 0 Å². The largest absolute Gasteiger partial charge is 0.431 e. The summed E-state index contributed by atoms with van der Waals surface area (Å²) in [6.45, 7) is 3.02. The van der Waals surface area contributed by atoms with Gasteiger partial charge in [0.25, 0.3) is 5.91 Å². The number of ketones is 1. The summed E-state index contributed by atoms with van der Waals surface area (Å²) in [6.07, 6.45) is -1.57. The SMILES string of the molecule is Nc1cc(C(=O)NN2CCCC2)ccc1C(=O)c1ccc(OC(F)(F)COCCOCCOCCOCCOCCO)cc1. The molecule has 1 amide bonds. The zero-order valence-corrected chi connectivity index (χ0v) is 24.6. The van der Waals surface area contributed by atoms with Crippen LogP contribution in [0.25, 0.3) is 0 Å². The van der Waals surface area contributed by atoms with E-state index in [1.54, 1.807) is 0 Å². The molecule has 4 N–H and O–H groups in total. The van der Waals surface area contributed by atoms with E-state index in [1.807, 2.05) is 5.01 Å². The highest BCUT2D eigenvalue weighted by atomic mass is 19.3. The molecule has 1 fully saturated rings. The van der Waals surface area contributed by atoms with Gasteiger partial charge in [0.05, 0.1) is 66.1 Å². The average Bonchev–Trinajstić information content (AvgIpc) is 3.52. The number of nitrogens with one attached hydrogen (secondary N) is 1. The molecular weight excluding hydrogens is 584 g/mol. The van der Waals surface area contributed by atoms with Gasteiger partial charge in [-0.3, -0.25) is 15.0 Å². The van der Waals surface area contributed by atoms with Crippen molar-refractivity contribution >= 4 is 17.4 Å². The molecule has 1 aliphatic rings. The lowest BCUT2D eigenvalue weighted by Gasteiger charge is -2.18. The molecule has 0 atom stereocenters. The Labute approximate surface area is 255 Å². The molecule has 1 saturated heterocycles. The summed E-state index contributed by atoms with van der Waals surface area (Å²) in [7, 11) is 0. The minimum atomic E-state index is -3.60. The Morgan fingerprint density at radius 3 is 1.86 bits per heavy atom. The van der Waals surface area contributed by atoms with Crippen molar-refractivity contribution in [3.05, 3.63) is 59.2 Å². The van der Waals surface area contributed by atoms with Crippen molar-refractivity contribution in [1.82, 2.24) is 10.4 Å². The van der Waals surface area contributed by atoms with Gasteiger partial charge in [0.1, 0.15) is 5.75 Å². The van der Waals surface area contributed by atoms with Crippen molar-refractivity contribution in [2.75, 3.05) is 91.5 Å². The minimum absolute atomic E-state index is 0.0264. The molecule has 0 spiro atoms. The van der Waals surface area contributed by atoms with Crippen LogP contribution >= 0.6 is 0 Å². The number of nitrogen functional groups attached to an aromatic ring is 1. The van der Waals surface area contributed by atoms with E-state index in [9.17, 15) is 18.4 Å². The number of carbonyl (C=O) groups is 2. The second kappa shape index (κ2) is 19.2. The van der Waals surface area contributed by atoms with Crippen LogP contribution in [-0.4, -0.2) is 114 Å². The van der Waals surface area contributed by atoms with Crippen LogP contribution in [0.1, 0.15) is 39.1 Å². The summed E-state index contributed by atoms with van der Waals surface area (Å²) in [6, 6.07) is 9.66. The normalized spacial score (nSPS) is 13.7. The first-order chi connectivity index (χ1) is 21.3. The first kappa shape index (κ1) is 35.2. The van der Waals surface area contributed by atoms with Gasteiger partial charge in [0.2, 0.25) is 0 Å². The van der Waals surface area contributed by atoms with Gasteiger partial charge in [-0.25, -0.2) is 5.01 Å². The molecule has 14 heteroatoms. The second-order valence-corrected chi connectivity index (χ2v) is 9.76. The van der Waals surface area contributed by atoms with Crippen LogP contribution in [0.15, 0.2) is 42.5 Å². The summed E-state index contributed by atoms with van der Waals surface area (Å²) in [4.78, 5) is 25.4. The van der Waals surface area contributed by atoms with Crippen molar-refractivity contribution in [2.45, 2.75) is 19.0 Å². The van der Waals surface area contributed by atoms with Crippen LogP contribution in [-0.2, 0) is 23.7 Å². The van der Waals surface area contributed by atoms with Crippen molar-refractivity contribution in [1.29, 1.82) is 0 Å². The molecule has 12 nitrogen and oxygen atoms in total. The number of anilines is 1. The van der Waals surface area contributed by atoms with Crippen LogP contribution in [0, 0.1) is 0 Å². The standard InChI is InChI=1S/C30H41F2N3O9/c31-30(32,22-43-20-19-42-18-17-41-16-15-40-14-13-39-12-11-36)44-25-6-3-23(4-7-25)28(37)26-8-5-24(21-27(26)33)29(38)34-35-9-1-2-10-35/h3-8,21,36H,1-2,9-20,22,33H2,(H,34,38). The number of nitrogens with two attached hydrogens (primary N) is 1. The van der Waals surface area contributed by atoms with E-state index in [4.69, 9.17) is 39.3 Å². The number of halogens is 2. The molecule has 2 aromatic rings. The lowest BCUT2D eigenvalue weighted by Crippen LogP contribution is -2.40. The second-order valence-electron chi connectivity index (χ2n) is 9.76. The smallest absolute Gasteiger partial charge is 0.421 e. The number of benzene rings is 2. The molecule has 0 saturated carbocycles. The number of rotatable bonds is 22. The summed E-state index contributed by atoms with van der Waals surface area (Å²) < 4.78 is 59.1. The molecule has 244 valence electrons. The predicted octanol–water partition coefficient (Wildman–Crippen LogP) is 2.29.